The number of amides is 1. The zero-order valence-corrected chi connectivity index (χ0v) is 16.6. The third-order valence-electron chi connectivity index (χ3n) is 4.14. The van der Waals surface area contributed by atoms with Gasteiger partial charge in [-0.3, -0.25) is 9.10 Å². The van der Waals surface area contributed by atoms with Crippen molar-refractivity contribution in [1.82, 2.24) is 5.32 Å². The molecule has 1 amide bonds. The van der Waals surface area contributed by atoms with Crippen molar-refractivity contribution in [2.45, 2.75) is 26.2 Å². The predicted octanol–water partition coefficient (Wildman–Crippen LogP) is 3.07. The van der Waals surface area contributed by atoms with Gasteiger partial charge >= 0.3 is 0 Å². The molecule has 0 spiro atoms. The van der Waals surface area contributed by atoms with Crippen LogP contribution in [-0.2, 0) is 21.2 Å². The number of anilines is 1. The fourth-order valence-corrected chi connectivity index (χ4v) is 3.63. The largest absolute Gasteiger partial charge is 0.354 e. The van der Waals surface area contributed by atoms with E-state index in [1.54, 1.807) is 24.3 Å². The van der Waals surface area contributed by atoms with Crippen molar-refractivity contribution in [3.63, 3.8) is 0 Å². The van der Waals surface area contributed by atoms with Crippen molar-refractivity contribution in [2.75, 3.05) is 23.7 Å². The lowest BCUT2D eigenvalue weighted by Gasteiger charge is -2.23. The van der Waals surface area contributed by atoms with Gasteiger partial charge in [-0.25, -0.2) is 12.8 Å². The summed E-state index contributed by atoms with van der Waals surface area (Å²) in [7, 11) is -3.48. The number of nitrogens with one attached hydrogen (secondary N) is 1. The maximum atomic E-state index is 13.2. The molecule has 0 atom stereocenters. The van der Waals surface area contributed by atoms with E-state index in [0.29, 0.717) is 17.2 Å². The lowest BCUT2D eigenvalue weighted by molar-refractivity contribution is -0.120. The number of nitrogens with zero attached hydrogens (tertiary/aromatic N) is 1. The van der Waals surface area contributed by atoms with Crippen LogP contribution >= 0.6 is 0 Å². The highest BCUT2D eigenvalue weighted by Crippen LogP contribution is 2.21. The van der Waals surface area contributed by atoms with Crippen LogP contribution in [0.4, 0.5) is 10.1 Å². The monoisotopic (exact) mass is 392 g/mol. The van der Waals surface area contributed by atoms with Gasteiger partial charge in [0.15, 0.2) is 0 Å². The number of hydrogen-bond acceptors (Lipinski definition) is 3. The minimum Gasteiger partial charge on any atom is -0.354 e. The van der Waals surface area contributed by atoms with E-state index in [0.717, 1.165) is 11.8 Å². The topological polar surface area (TPSA) is 66.5 Å². The normalized spacial score (nSPS) is 11.4. The van der Waals surface area contributed by atoms with Crippen molar-refractivity contribution in [1.29, 1.82) is 0 Å². The predicted molar refractivity (Wildman–Crippen MR) is 106 cm³/mol. The van der Waals surface area contributed by atoms with Gasteiger partial charge < -0.3 is 5.32 Å². The van der Waals surface area contributed by atoms with Gasteiger partial charge in [-0.15, -0.1) is 0 Å². The van der Waals surface area contributed by atoms with E-state index in [4.69, 9.17) is 0 Å². The molecule has 0 aliphatic heterocycles. The first-order valence-electron chi connectivity index (χ1n) is 8.75. The highest BCUT2D eigenvalue weighted by Gasteiger charge is 2.17. The number of rotatable bonds is 8. The second-order valence-electron chi connectivity index (χ2n) is 6.74. The smallest absolute Gasteiger partial charge is 0.232 e. The summed E-state index contributed by atoms with van der Waals surface area (Å²) in [6.07, 6.45) is 1.18. The number of benzene rings is 2. The van der Waals surface area contributed by atoms with E-state index in [1.807, 2.05) is 12.1 Å². The molecule has 5 nitrogen and oxygen atoms in total. The minimum absolute atomic E-state index is 0.0414. The molecule has 7 heteroatoms. The number of halogens is 1. The maximum absolute atomic E-state index is 13.2. The van der Waals surface area contributed by atoms with Crippen molar-refractivity contribution in [2.24, 2.45) is 0 Å². The van der Waals surface area contributed by atoms with Gasteiger partial charge in [-0.1, -0.05) is 38.1 Å². The van der Waals surface area contributed by atoms with Crippen LogP contribution in [0.5, 0.6) is 0 Å². The Morgan fingerprint density at radius 3 is 2.37 bits per heavy atom. The summed E-state index contributed by atoms with van der Waals surface area (Å²) in [6.45, 7) is 4.41. The zero-order valence-electron chi connectivity index (χ0n) is 15.8. The second kappa shape index (κ2) is 8.99. The Kier molecular flexibility index (Phi) is 6.96. The van der Waals surface area contributed by atoms with Crippen molar-refractivity contribution >= 4 is 21.6 Å². The molecule has 27 heavy (non-hydrogen) atoms. The molecule has 0 aliphatic carbocycles. The first-order chi connectivity index (χ1) is 12.7. The molecule has 0 aromatic heterocycles. The third-order valence-corrected chi connectivity index (χ3v) is 5.33. The standard InChI is InChI=1S/C20H25FN2O3S/c1-15(2)17-7-9-19(10-8-17)23(27(3,25)26)12-11-22-20(24)14-16-5-4-6-18(21)13-16/h4-10,13,15H,11-12,14H2,1-3H3,(H,22,24). The van der Waals surface area contributed by atoms with E-state index in [2.05, 4.69) is 19.2 Å². The van der Waals surface area contributed by atoms with Crippen molar-refractivity contribution < 1.29 is 17.6 Å². The molecule has 1 N–H and O–H groups in total. The Morgan fingerprint density at radius 2 is 1.81 bits per heavy atom. The van der Waals surface area contributed by atoms with Gasteiger partial charge in [0.05, 0.1) is 24.9 Å². The van der Waals surface area contributed by atoms with E-state index < -0.39 is 15.8 Å². The highest BCUT2D eigenvalue weighted by molar-refractivity contribution is 7.92. The summed E-state index contributed by atoms with van der Waals surface area (Å²) >= 11 is 0. The van der Waals surface area contributed by atoms with Gasteiger partial charge in [-0.05, 0) is 41.3 Å². The van der Waals surface area contributed by atoms with Crippen LogP contribution in [0.15, 0.2) is 48.5 Å². The zero-order chi connectivity index (χ0) is 20.0. The Balaban J connectivity index is 1.98. The Hall–Kier alpha value is -2.41. The minimum atomic E-state index is -3.48. The summed E-state index contributed by atoms with van der Waals surface area (Å²) in [4.78, 5) is 12.0. The second-order valence-corrected chi connectivity index (χ2v) is 8.64. The number of sulfonamides is 1. The quantitative estimate of drug-likeness (QED) is 0.751. The molecule has 0 unspecified atom stereocenters. The van der Waals surface area contributed by atoms with Crippen LogP contribution in [0.1, 0.15) is 30.9 Å². The molecule has 0 saturated carbocycles. The fraction of sp³-hybridized carbons (Fsp3) is 0.350. The van der Waals surface area contributed by atoms with Gasteiger partial charge in [-0.2, -0.15) is 0 Å². The summed E-state index contributed by atoms with van der Waals surface area (Å²) in [5.41, 5.74) is 2.24. The van der Waals surface area contributed by atoms with E-state index >= 15 is 0 Å². The van der Waals surface area contributed by atoms with Crippen LogP contribution in [0, 0.1) is 5.82 Å². The summed E-state index contributed by atoms with van der Waals surface area (Å²) in [5, 5.41) is 2.69. The van der Waals surface area contributed by atoms with Crippen LogP contribution in [0.2, 0.25) is 0 Å². The van der Waals surface area contributed by atoms with E-state index in [1.165, 1.54) is 16.4 Å². The van der Waals surface area contributed by atoms with E-state index in [-0.39, 0.29) is 25.4 Å². The van der Waals surface area contributed by atoms with E-state index in [9.17, 15) is 17.6 Å². The molecule has 0 aliphatic rings. The van der Waals surface area contributed by atoms with Gasteiger partial charge in [0.2, 0.25) is 15.9 Å². The first kappa shape index (κ1) is 20.9. The summed E-state index contributed by atoms with van der Waals surface area (Å²) in [5.74, 6) is -0.328. The van der Waals surface area contributed by atoms with Crippen LogP contribution < -0.4 is 9.62 Å². The first-order valence-corrected chi connectivity index (χ1v) is 10.6. The molecule has 0 radical (unpaired) electrons. The molecule has 146 valence electrons. The average Bonchev–Trinajstić information content (AvgIpc) is 2.58. The molecule has 0 fully saturated rings. The molecule has 0 bridgehead atoms. The lowest BCUT2D eigenvalue weighted by Crippen LogP contribution is -2.38. The molecule has 0 saturated heterocycles. The van der Waals surface area contributed by atoms with Gasteiger partial charge in [0.25, 0.3) is 0 Å². The van der Waals surface area contributed by atoms with Gasteiger partial charge in [0.1, 0.15) is 5.82 Å². The Bertz CT molecular complexity index is 880. The molecule has 2 aromatic carbocycles. The molecular formula is C20H25FN2O3S. The molecule has 0 heterocycles. The molecular weight excluding hydrogens is 367 g/mol. The Morgan fingerprint density at radius 1 is 1.15 bits per heavy atom. The number of carbonyl (C=O) groups excluding carboxylic acids is 1. The lowest BCUT2D eigenvalue weighted by atomic mass is 10.0. The van der Waals surface area contributed by atoms with Crippen LogP contribution in [0.25, 0.3) is 0 Å². The van der Waals surface area contributed by atoms with Crippen LogP contribution in [-0.4, -0.2) is 33.7 Å². The Labute approximate surface area is 160 Å². The fourth-order valence-electron chi connectivity index (χ4n) is 2.70. The number of carbonyl (C=O) groups is 1. The summed E-state index contributed by atoms with van der Waals surface area (Å²) < 4.78 is 38.7. The molecule has 2 rings (SSSR count). The van der Waals surface area contributed by atoms with Crippen molar-refractivity contribution in [3.05, 3.63) is 65.5 Å². The third kappa shape index (κ3) is 6.36. The highest BCUT2D eigenvalue weighted by atomic mass is 32.2. The SMILES string of the molecule is CC(C)c1ccc(N(CCNC(=O)Cc2cccc(F)c2)S(C)(=O)=O)cc1. The van der Waals surface area contributed by atoms with Crippen molar-refractivity contribution in [3.8, 4) is 0 Å². The maximum Gasteiger partial charge on any atom is 0.232 e. The van der Waals surface area contributed by atoms with Crippen LogP contribution in [0.3, 0.4) is 0 Å². The summed E-state index contributed by atoms with van der Waals surface area (Å²) in [6, 6.07) is 13.2. The molecule has 2 aromatic rings. The van der Waals surface area contributed by atoms with Gasteiger partial charge in [0, 0.05) is 6.54 Å². The number of hydrogen-bond donors (Lipinski definition) is 1. The average molecular weight is 392 g/mol.